The molecule has 1 saturated carbocycles. The third kappa shape index (κ3) is 3.86. The van der Waals surface area contributed by atoms with Gasteiger partial charge in [0.1, 0.15) is 0 Å². The lowest BCUT2D eigenvalue weighted by molar-refractivity contribution is 0.520. The number of para-hydroxylation sites is 1. The van der Waals surface area contributed by atoms with Gasteiger partial charge in [-0.05, 0) is 37.9 Å². The monoisotopic (exact) mass is 218 g/mol. The minimum atomic E-state index is 0.803. The maximum absolute atomic E-state index is 3.63. The van der Waals surface area contributed by atoms with Gasteiger partial charge in [0.05, 0.1) is 0 Å². The van der Waals surface area contributed by atoms with Crippen molar-refractivity contribution in [1.29, 1.82) is 0 Å². The number of anilines is 1. The molecule has 1 fully saturated rings. The van der Waals surface area contributed by atoms with Crippen LogP contribution in [0.4, 0.5) is 5.69 Å². The van der Waals surface area contributed by atoms with Crippen LogP contribution in [0.3, 0.4) is 0 Å². The van der Waals surface area contributed by atoms with Crippen molar-refractivity contribution < 1.29 is 0 Å². The first kappa shape index (κ1) is 11.5. The molecule has 0 heterocycles. The van der Waals surface area contributed by atoms with Crippen LogP contribution in [0.25, 0.3) is 0 Å². The Kier molecular flexibility index (Phi) is 4.69. The highest BCUT2D eigenvalue weighted by atomic mass is 14.9. The Morgan fingerprint density at radius 2 is 1.75 bits per heavy atom. The molecule has 1 aromatic carbocycles. The first-order valence-electron chi connectivity index (χ1n) is 6.47. The second kappa shape index (κ2) is 6.54. The van der Waals surface area contributed by atoms with E-state index in [1.54, 1.807) is 0 Å². The Labute approximate surface area is 98.4 Å². The Morgan fingerprint density at radius 1 is 1.00 bits per heavy atom. The van der Waals surface area contributed by atoms with E-state index in [-0.39, 0.29) is 0 Å². The third-order valence-electron chi connectivity index (χ3n) is 3.24. The van der Waals surface area contributed by atoms with Crippen LogP contribution in [0.2, 0.25) is 0 Å². The zero-order chi connectivity index (χ0) is 11.1. The zero-order valence-electron chi connectivity index (χ0n) is 9.91. The molecule has 1 aliphatic rings. The van der Waals surface area contributed by atoms with E-state index in [1.165, 1.54) is 37.8 Å². The molecule has 2 N–H and O–H groups in total. The Bertz CT molecular complexity index is 278. The molecule has 0 unspecified atom stereocenters. The van der Waals surface area contributed by atoms with Crippen molar-refractivity contribution in [3.63, 3.8) is 0 Å². The second-order valence-corrected chi connectivity index (χ2v) is 4.58. The highest BCUT2D eigenvalue weighted by Gasteiger charge is 2.12. The van der Waals surface area contributed by atoms with Crippen LogP contribution in [-0.2, 0) is 0 Å². The van der Waals surface area contributed by atoms with E-state index < -0.39 is 0 Å². The van der Waals surface area contributed by atoms with Crippen molar-refractivity contribution in [2.45, 2.75) is 38.1 Å². The largest absolute Gasteiger partial charge is 0.385 e. The summed E-state index contributed by atoms with van der Waals surface area (Å²) in [6, 6.07) is 11.2. The van der Waals surface area contributed by atoms with Crippen molar-refractivity contribution >= 4 is 5.69 Å². The standard InChI is InChI=1S/C14H22N2/c1-2-7-13(8-3-1)15-11-6-12-16-14-9-4-5-10-14/h1-3,7-8,14-16H,4-6,9-12H2. The SMILES string of the molecule is c1ccc(NCCCNC2CCCC2)cc1. The minimum Gasteiger partial charge on any atom is -0.385 e. The van der Waals surface area contributed by atoms with Gasteiger partial charge in [-0.15, -0.1) is 0 Å². The number of benzene rings is 1. The Hall–Kier alpha value is -1.02. The second-order valence-electron chi connectivity index (χ2n) is 4.58. The molecule has 0 aromatic heterocycles. The third-order valence-corrected chi connectivity index (χ3v) is 3.24. The van der Waals surface area contributed by atoms with Gasteiger partial charge in [0.25, 0.3) is 0 Å². The van der Waals surface area contributed by atoms with Gasteiger partial charge < -0.3 is 10.6 Å². The molecule has 16 heavy (non-hydrogen) atoms. The van der Waals surface area contributed by atoms with Crippen LogP contribution >= 0.6 is 0 Å². The van der Waals surface area contributed by atoms with Gasteiger partial charge in [0, 0.05) is 18.3 Å². The average molecular weight is 218 g/mol. The van der Waals surface area contributed by atoms with Crippen LogP contribution in [0, 0.1) is 0 Å². The molecule has 0 saturated heterocycles. The van der Waals surface area contributed by atoms with Crippen molar-refractivity contribution in [2.75, 3.05) is 18.4 Å². The minimum absolute atomic E-state index is 0.803. The summed E-state index contributed by atoms with van der Waals surface area (Å²) in [4.78, 5) is 0. The smallest absolute Gasteiger partial charge is 0.0340 e. The summed E-state index contributed by atoms with van der Waals surface area (Å²) >= 11 is 0. The quantitative estimate of drug-likeness (QED) is 0.717. The number of hydrogen-bond donors (Lipinski definition) is 2. The predicted molar refractivity (Wildman–Crippen MR) is 69.8 cm³/mol. The molecule has 2 heteroatoms. The van der Waals surface area contributed by atoms with E-state index in [2.05, 4.69) is 34.9 Å². The summed E-state index contributed by atoms with van der Waals surface area (Å²) in [7, 11) is 0. The lowest BCUT2D eigenvalue weighted by Gasteiger charge is -2.12. The van der Waals surface area contributed by atoms with Gasteiger partial charge in [-0.2, -0.15) is 0 Å². The molecule has 88 valence electrons. The van der Waals surface area contributed by atoms with E-state index in [9.17, 15) is 0 Å². The van der Waals surface area contributed by atoms with Crippen LogP contribution < -0.4 is 10.6 Å². The van der Waals surface area contributed by atoms with Crippen LogP contribution in [0.1, 0.15) is 32.1 Å². The summed E-state index contributed by atoms with van der Waals surface area (Å²) in [6.07, 6.45) is 6.80. The summed E-state index contributed by atoms with van der Waals surface area (Å²) in [6.45, 7) is 2.20. The molecular formula is C14H22N2. The summed E-state index contributed by atoms with van der Waals surface area (Å²) in [5, 5.41) is 7.06. The predicted octanol–water partition coefficient (Wildman–Crippen LogP) is 3.02. The van der Waals surface area contributed by atoms with E-state index in [0.29, 0.717) is 0 Å². The number of nitrogens with one attached hydrogen (secondary N) is 2. The lowest BCUT2D eigenvalue weighted by atomic mass is 10.2. The highest BCUT2D eigenvalue weighted by molar-refractivity contribution is 5.42. The molecule has 0 spiro atoms. The van der Waals surface area contributed by atoms with Gasteiger partial charge in [0.2, 0.25) is 0 Å². The van der Waals surface area contributed by atoms with Crippen LogP contribution in [0.5, 0.6) is 0 Å². The van der Waals surface area contributed by atoms with E-state index in [0.717, 1.165) is 19.1 Å². The molecule has 0 atom stereocenters. The van der Waals surface area contributed by atoms with Gasteiger partial charge >= 0.3 is 0 Å². The van der Waals surface area contributed by atoms with E-state index >= 15 is 0 Å². The molecule has 1 aromatic rings. The fourth-order valence-electron chi connectivity index (χ4n) is 2.31. The molecular weight excluding hydrogens is 196 g/mol. The van der Waals surface area contributed by atoms with Gasteiger partial charge in [0.15, 0.2) is 0 Å². The summed E-state index contributed by atoms with van der Waals surface area (Å²) in [5.74, 6) is 0. The van der Waals surface area contributed by atoms with Crippen LogP contribution in [0.15, 0.2) is 30.3 Å². The topological polar surface area (TPSA) is 24.1 Å². The molecule has 0 aliphatic heterocycles. The van der Waals surface area contributed by atoms with Gasteiger partial charge in [-0.3, -0.25) is 0 Å². The van der Waals surface area contributed by atoms with Crippen molar-refractivity contribution in [3.05, 3.63) is 30.3 Å². The molecule has 2 rings (SSSR count). The molecule has 1 aliphatic carbocycles. The van der Waals surface area contributed by atoms with E-state index in [4.69, 9.17) is 0 Å². The summed E-state index contributed by atoms with van der Waals surface area (Å²) < 4.78 is 0. The maximum atomic E-state index is 3.63. The first-order valence-corrected chi connectivity index (χ1v) is 6.47. The fourth-order valence-corrected chi connectivity index (χ4v) is 2.31. The van der Waals surface area contributed by atoms with Gasteiger partial charge in [-0.25, -0.2) is 0 Å². The van der Waals surface area contributed by atoms with Crippen LogP contribution in [-0.4, -0.2) is 19.1 Å². The lowest BCUT2D eigenvalue weighted by Crippen LogP contribution is -2.28. The molecule has 0 bridgehead atoms. The number of rotatable bonds is 6. The van der Waals surface area contributed by atoms with Crippen molar-refractivity contribution in [1.82, 2.24) is 5.32 Å². The first-order chi connectivity index (χ1) is 7.95. The Balaban J connectivity index is 1.52. The molecule has 0 radical (unpaired) electrons. The van der Waals surface area contributed by atoms with E-state index in [1.807, 2.05) is 6.07 Å². The van der Waals surface area contributed by atoms with Crippen molar-refractivity contribution in [2.24, 2.45) is 0 Å². The normalized spacial score (nSPS) is 16.5. The molecule has 0 amide bonds. The molecule has 2 nitrogen and oxygen atoms in total. The van der Waals surface area contributed by atoms with Gasteiger partial charge in [-0.1, -0.05) is 31.0 Å². The summed E-state index contributed by atoms with van der Waals surface area (Å²) in [5.41, 5.74) is 1.23. The fraction of sp³-hybridized carbons (Fsp3) is 0.571. The maximum Gasteiger partial charge on any atom is 0.0340 e. The zero-order valence-corrected chi connectivity index (χ0v) is 9.91. The highest BCUT2D eigenvalue weighted by Crippen LogP contribution is 2.17. The number of hydrogen-bond acceptors (Lipinski definition) is 2. The van der Waals surface area contributed by atoms with Crippen molar-refractivity contribution in [3.8, 4) is 0 Å². The average Bonchev–Trinajstić information content (AvgIpc) is 2.83. The Morgan fingerprint density at radius 3 is 2.50 bits per heavy atom.